The van der Waals surface area contributed by atoms with E-state index < -0.39 is 0 Å². The zero-order valence-corrected chi connectivity index (χ0v) is 10.0. The van der Waals surface area contributed by atoms with Crippen LogP contribution in [0.2, 0.25) is 0 Å². The van der Waals surface area contributed by atoms with E-state index in [1.165, 1.54) is 18.1 Å². The molecule has 7 nitrogen and oxygen atoms in total. The van der Waals surface area contributed by atoms with E-state index in [1.807, 2.05) is 0 Å². The number of carbonyl (C=O) groups excluding carboxylic acids is 1. The van der Waals surface area contributed by atoms with Crippen molar-refractivity contribution in [1.29, 1.82) is 0 Å². The lowest BCUT2D eigenvalue weighted by Crippen LogP contribution is -2.13. The molecule has 1 heterocycles. The molecule has 0 atom stereocenters. The van der Waals surface area contributed by atoms with Crippen LogP contribution in [0.4, 0.5) is 11.4 Å². The number of nitrogen functional groups attached to an aromatic ring is 1. The first-order valence-electron chi connectivity index (χ1n) is 5.21. The number of rotatable bonds is 3. The molecular weight excluding hydrogens is 234 g/mol. The Morgan fingerprint density at radius 1 is 1.50 bits per heavy atom. The summed E-state index contributed by atoms with van der Waals surface area (Å²) in [5, 5.41) is 10.4. The van der Waals surface area contributed by atoms with Crippen molar-refractivity contribution in [2.75, 3.05) is 18.2 Å². The molecule has 94 valence electrons. The van der Waals surface area contributed by atoms with Crippen LogP contribution >= 0.6 is 0 Å². The zero-order valence-electron chi connectivity index (χ0n) is 10.0. The molecule has 1 aromatic heterocycles. The van der Waals surface area contributed by atoms with Crippen molar-refractivity contribution in [1.82, 2.24) is 15.0 Å². The van der Waals surface area contributed by atoms with Gasteiger partial charge in [0.15, 0.2) is 5.69 Å². The number of hydrogen-bond acceptors (Lipinski definition) is 5. The molecule has 1 aromatic carbocycles. The summed E-state index contributed by atoms with van der Waals surface area (Å²) < 4.78 is 5.07. The number of aryl methyl sites for hydroxylation is 1. The van der Waals surface area contributed by atoms with E-state index in [0.717, 1.165) is 0 Å². The Morgan fingerprint density at radius 3 is 2.89 bits per heavy atom. The van der Waals surface area contributed by atoms with Crippen molar-refractivity contribution in [3.63, 3.8) is 0 Å². The molecule has 7 heteroatoms. The molecule has 1 amide bonds. The second-order valence-corrected chi connectivity index (χ2v) is 3.63. The second kappa shape index (κ2) is 4.74. The first-order chi connectivity index (χ1) is 8.60. The quantitative estimate of drug-likeness (QED) is 0.777. The predicted molar refractivity (Wildman–Crippen MR) is 66.4 cm³/mol. The third-order valence-corrected chi connectivity index (χ3v) is 2.32. The highest BCUT2D eigenvalue weighted by Crippen LogP contribution is 2.25. The number of hydrogen-bond donors (Lipinski definition) is 2. The van der Waals surface area contributed by atoms with Crippen molar-refractivity contribution >= 4 is 17.3 Å². The molecule has 0 saturated heterocycles. The van der Waals surface area contributed by atoms with E-state index in [4.69, 9.17) is 10.5 Å². The highest BCUT2D eigenvalue weighted by Gasteiger charge is 2.10. The van der Waals surface area contributed by atoms with Crippen LogP contribution in [0.3, 0.4) is 0 Å². The number of ether oxygens (including phenoxy) is 1. The third kappa shape index (κ3) is 2.40. The Bertz CT molecular complexity index is 579. The Kier molecular flexibility index (Phi) is 3.13. The van der Waals surface area contributed by atoms with Gasteiger partial charge in [0.2, 0.25) is 0 Å². The molecule has 18 heavy (non-hydrogen) atoms. The number of nitrogens with zero attached hydrogens (tertiary/aromatic N) is 3. The fourth-order valence-corrected chi connectivity index (χ4v) is 1.43. The summed E-state index contributed by atoms with van der Waals surface area (Å²) in [6.45, 7) is 0. The summed E-state index contributed by atoms with van der Waals surface area (Å²) in [6, 6.07) is 4.99. The van der Waals surface area contributed by atoms with Crippen molar-refractivity contribution < 1.29 is 9.53 Å². The molecule has 0 aliphatic carbocycles. The van der Waals surface area contributed by atoms with Crippen molar-refractivity contribution in [3.05, 3.63) is 30.1 Å². The van der Waals surface area contributed by atoms with E-state index >= 15 is 0 Å². The molecule has 2 aromatic rings. The average molecular weight is 247 g/mol. The van der Waals surface area contributed by atoms with Gasteiger partial charge >= 0.3 is 0 Å². The summed E-state index contributed by atoms with van der Waals surface area (Å²) in [7, 11) is 3.16. The van der Waals surface area contributed by atoms with E-state index in [0.29, 0.717) is 17.1 Å². The molecule has 0 spiro atoms. The minimum Gasteiger partial charge on any atom is -0.495 e. The molecule has 0 saturated carbocycles. The van der Waals surface area contributed by atoms with E-state index in [1.54, 1.807) is 25.2 Å². The van der Waals surface area contributed by atoms with Gasteiger partial charge in [-0.05, 0) is 12.1 Å². The number of methoxy groups -OCH3 is 1. The van der Waals surface area contributed by atoms with E-state index in [2.05, 4.69) is 15.5 Å². The Hall–Kier alpha value is -2.57. The van der Waals surface area contributed by atoms with Gasteiger partial charge in [0.1, 0.15) is 5.75 Å². The summed E-state index contributed by atoms with van der Waals surface area (Å²) in [4.78, 5) is 13.1. The van der Waals surface area contributed by atoms with Gasteiger partial charge < -0.3 is 15.8 Å². The second-order valence-electron chi connectivity index (χ2n) is 3.63. The molecule has 3 N–H and O–H groups in total. The number of carbonyl (C=O) groups is 1. The van der Waals surface area contributed by atoms with Crippen LogP contribution in [-0.2, 0) is 7.05 Å². The minimum absolute atomic E-state index is 0.244. The van der Waals surface area contributed by atoms with Crippen LogP contribution < -0.4 is 15.8 Å². The van der Waals surface area contributed by atoms with Gasteiger partial charge in [-0.3, -0.25) is 4.79 Å². The summed E-state index contributed by atoms with van der Waals surface area (Å²) in [5.74, 6) is 0.168. The van der Waals surface area contributed by atoms with Gasteiger partial charge in [-0.2, -0.15) is 9.90 Å². The maximum atomic E-state index is 11.8. The van der Waals surface area contributed by atoms with Crippen molar-refractivity contribution in [3.8, 4) is 5.75 Å². The molecule has 0 fully saturated rings. The SMILES string of the molecule is COc1cc(NC(=O)c2cnn(C)n2)ccc1N. The maximum absolute atomic E-state index is 11.8. The maximum Gasteiger partial charge on any atom is 0.277 e. The normalized spacial score (nSPS) is 10.1. The highest BCUT2D eigenvalue weighted by molar-refractivity contribution is 6.02. The van der Waals surface area contributed by atoms with Crippen molar-refractivity contribution in [2.45, 2.75) is 0 Å². The summed E-state index contributed by atoms with van der Waals surface area (Å²) in [5.41, 5.74) is 7.02. The first kappa shape index (κ1) is 11.9. The van der Waals surface area contributed by atoms with E-state index in [9.17, 15) is 4.79 Å². The molecule has 0 bridgehead atoms. The average Bonchev–Trinajstić information content (AvgIpc) is 2.78. The summed E-state index contributed by atoms with van der Waals surface area (Å²) >= 11 is 0. The Morgan fingerprint density at radius 2 is 2.28 bits per heavy atom. The molecule has 0 radical (unpaired) electrons. The lowest BCUT2D eigenvalue weighted by Gasteiger charge is -2.07. The van der Waals surface area contributed by atoms with Crippen LogP contribution in [0.25, 0.3) is 0 Å². The standard InChI is InChI=1S/C11H13N5O2/c1-16-13-6-9(15-16)11(17)14-7-3-4-8(12)10(5-7)18-2/h3-6H,12H2,1-2H3,(H,14,17). The highest BCUT2D eigenvalue weighted by atomic mass is 16.5. The number of anilines is 2. The van der Waals surface area contributed by atoms with Gasteiger partial charge in [0.25, 0.3) is 5.91 Å². The van der Waals surface area contributed by atoms with Gasteiger partial charge in [-0.15, -0.1) is 5.10 Å². The van der Waals surface area contributed by atoms with Gasteiger partial charge in [-0.25, -0.2) is 0 Å². The largest absolute Gasteiger partial charge is 0.495 e. The van der Waals surface area contributed by atoms with Crippen molar-refractivity contribution in [2.24, 2.45) is 7.05 Å². The lowest BCUT2D eigenvalue weighted by atomic mass is 10.2. The minimum atomic E-state index is -0.338. The van der Waals surface area contributed by atoms with Crippen LogP contribution in [0.5, 0.6) is 5.75 Å². The Labute approximate surface area is 104 Å². The lowest BCUT2D eigenvalue weighted by molar-refractivity contribution is 0.102. The number of benzene rings is 1. The first-order valence-corrected chi connectivity index (χ1v) is 5.21. The summed E-state index contributed by atoms with van der Waals surface area (Å²) in [6.07, 6.45) is 1.39. The number of nitrogens with two attached hydrogens (primary N) is 1. The molecular formula is C11H13N5O2. The van der Waals surface area contributed by atoms with Crippen LogP contribution in [-0.4, -0.2) is 28.0 Å². The van der Waals surface area contributed by atoms with Gasteiger partial charge in [0, 0.05) is 18.8 Å². The smallest absolute Gasteiger partial charge is 0.277 e. The molecule has 0 aliphatic rings. The molecule has 2 rings (SSSR count). The number of nitrogens with one attached hydrogen (secondary N) is 1. The van der Waals surface area contributed by atoms with Crippen LogP contribution in [0, 0.1) is 0 Å². The molecule has 0 unspecified atom stereocenters. The fourth-order valence-electron chi connectivity index (χ4n) is 1.43. The van der Waals surface area contributed by atoms with Gasteiger partial charge in [0.05, 0.1) is 19.0 Å². The number of amides is 1. The Balaban J connectivity index is 2.16. The zero-order chi connectivity index (χ0) is 13.1. The third-order valence-electron chi connectivity index (χ3n) is 2.32. The topological polar surface area (TPSA) is 95.1 Å². The predicted octanol–water partition coefficient (Wildman–Crippen LogP) is 0.658. The van der Waals surface area contributed by atoms with Gasteiger partial charge in [-0.1, -0.05) is 0 Å². The number of aromatic nitrogens is 3. The fraction of sp³-hybridized carbons (Fsp3) is 0.182. The van der Waals surface area contributed by atoms with Crippen LogP contribution in [0.1, 0.15) is 10.5 Å². The van der Waals surface area contributed by atoms with E-state index in [-0.39, 0.29) is 11.6 Å². The van der Waals surface area contributed by atoms with Crippen LogP contribution in [0.15, 0.2) is 24.4 Å². The molecule has 0 aliphatic heterocycles. The monoisotopic (exact) mass is 247 g/mol.